The van der Waals surface area contributed by atoms with Crippen molar-refractivity contribution in [3.05, 3.63) is 27.7 Å². The fraction of sp³-hybridized carbons (Fsp3) is 0.500. The summed E-state index contributed by atoms with van der Waals surface area (Å²) < 4.78 is 6.67. The van der Waals surface area contributed by atoms with E-state index in [0.29, 0.717) is 43.3 Å². The quantitative estimate of drug-likeness (QED) is 0.897. The summed E-state index contributed by atoms with van der Waals surface area (Å²) in [7, 11) is 0. The number of hydrogen-bond donors (Lipinski definition) is 1. The number of nitrogens with zero attached hydrogens (tertiary/aromatic N) is 4. The second kappa shape index (κ2) is 5.58. The third-order valence-corrected chi connectivity index (χ3v) is 3.60. The molecular formula is C14H17N5O2. The van der Waals surface area contributed by atoms with Gasteiger partial charge in [0, 0.05) is 24.8 Å². The molecule has 110 valence electrons. The Morgan fingerprint density at radius 3 is 2.90 bits per heavy atom. The zero-order valence-corrected chi connectivity index (χ0v) is 11.9. The minimum atomic E-state index is -0.181. The number of aromatic amines is 1. The van der Waals surface area contributed by atoms with Crippen LogP contribution in [0.3, 0.4) is 0 Å². The van der Waals surface area contributed by atoms with E-state index in [0.717, 1.165) is 18.5 Å². The molecular weight excluding hydrogens is 270 g/mol. The van der Waals surface area contributed by atoms with Gasteiger partial charge in [0.05, 0.1) is 13.2 Å². The monoisotopic (exact) mass is 287 g/mol. The van der Waals surface area contributed by atoms with Gasteiger partial charge < -0.3 is 9.64 Å². The van der Waals surface area contributed by atoms with Crippen LogP contribution in [0.4, 0.5) is 5.82 Å². The summed E-state index contributed by atoms with van der Waals surface area (Å²) in [6.45, 7) is 4.65. The molecule has 1 saturated heterocycles. The summed E-state index contributed by atoms with van der Waals surface area (Å²) in [5.74, 6) is 0.652. The van der Waals surface area contributed by atoms with E-state index in [2.05, 4.69) is 16.2 Å². The minimum absolute atomic E-state index is 0.181. The van der Waals surface area contributed by atoms with E-state index in [1.54, 1.807) is 0 Å². The molecule has 0 aliphatic carbocycles. The molecule has 3 heterocycles. The van der Waals surface area contributed by atoms with Crippen LogP contribution >= 0.6 is 0 Å². The fourth-order valence-corrected chi connectivity index (χ4v) is 2.58. The van der Waals surface area contributed by atoms with Gasteiger partial charge in [0.15, 0.2) is 5.65 Å². The summed E-state index contributed by atoms with van der Waals surface area (Å²) in [4.78, 5) is 18.7. The zero-order chi connectivity index (χ0) is 14.8. The largest absolute Gasteiger partial charge is 0.378 e. The number of fused-ring (bicyclic) bond motifs is 1. The molecule has 0 spiro atoms. The second-order valence-corrected chi connectivity index (χ2v) is 5.04. The summed E-state index contributed by atoms with van der Waals surface area (Å²) >= 11 is 0. The Morgan fingerprint density at radius 1 is 1.48 bits per heavy atom. The number of nitriles is 1. The second-order valence-electron chi connectivity index (χ2n) is 5.04. The Kier molecular flexibility index (Phi) is 3.62. The maximum Gasteiger partial charge on any atom is 0.272 e. The first-order valence-corrected chi connectivity index (χ1v) is 7.12. The molecule has 3 rings (SSSR count). The summed E-state index contributed by atoms with van der Waals surface area (Å²) in [6, 6.07) is 3.70. The molecule has 1 fully saturated rings. The Bertz CT molecular complexity index is 749. The molecule has 0 bridgehead atoms. The van der Waals surface area contributed by atoms with Gasteiger partial charge in [-0.3, -0.25) is 9.89 Å². The topological polar surface area (TPSA) is 86.4 Å². The molecule has 7 heteroatoms. The Morgan fingerprint density at radius 2 is 2.24 bits per heavy atom. The highest BCUT2D eigenvalue weighted by atomic mass is 16.5. The molecule has 0 amide bonds. The first-order chi connectivity index (χ1) is 10.2. The Labute approximate surface area is 121 Å². The Balaban J connectivity index is 2.16. The fourth-order valence-electron chi connectivity index (χ4n) is 2.58. The number of aryl methyl sites for hydroxylation is 1. The number of anilines is 1. The van der Waals surface area contributed by atoms with Crippen molar-refractivity contribution in [3.8, 4) is 6.07 Å². The van der Waals surface area contributed by atoms with Gasteiger partial charge in [-0.05, 0) is 6.42 Å². The van der Waals surface area contributed by atoms with Crippen LogP contribution in [0.15, 0.2) is 10.9 Å². The van der Waals surface area contributed by atoms with Gasteiger partial charge in [-0.15, -0.1) is 0 Å². The maximum atomic E-state index is 12.2. The standard InChI is InChI=1S/C14H17N5O2/c1-2-3-10-8-12(20)19-13(16-10)11(9-15)14(17-19)18-4-6-21-7-5-18/h8,17H,2-7H2,1H3. The van der Waals surface area contributed by atoms with Crippen molar-refractivity contribution in [1.29, 1.82) is 5.26 Å². The van der Waals surface area contributed by atoms with E-state index in [1.807, 2.05) is 11.8 Å². The molecule has 0 aromatic carbocycles. The third kappa shape index (κ3) is 2.38. The lowest BCUT2D eigenvalue weighted by Gasteiger charge is -2.27. The van der Waals surface area contributed by atoms with E-state index in [4.69, 9.17) is 4.74 Å². The first-order valence-electron chi connectivity index (χ1n) is 7.12. The number of rotatable bonds is 3. The van der Waals surface area contributed by atoms with Crippen molar-refractivity contribution in [2.45, 2.75) is 19.8 Å². The van der Waals surface area contributed by atoms with Crippen molar-refractivity contribution in [2.75, 3.05) is 31.2 Å². The number of morpholine rings is 1. The zero-order valence-electron chi connectivity index (χ0n) is 11.9. The van der Waals surface area contributed by atoms with Gasteiger partial charge in [0.2, 0.25) is 0 Å². The van der Waals surface area contributed by atoms with Crippen molar-refractivity contribution in [1.82, 2.24) is 14.6 Å². The first kappa shape index (κ1) is 13.6. The van der Waals surface area contributed by atoms with E-state index in [-0.39, 0.29) is 5.56 Å². The molecule has 7 nitrogen and oxygen atoms in total. The molecule has 1 aliphatic rings. The van der Waals surface area contributed by atoms with Crippen LogP contribution < -0.4 is 10.5 Å². The smallest absolute Gasteiger partial charge is 0.272 e. The molecule has 21 heavy (non-hydrogen) atoms. The van der Waals surface area contributed by atoms with Crippen molar-refractivity contribution < 1.29 is 4.74 Å². The highest BCUT2D eigenvalue weighted by molar-refractivity contribution is 5.68. The van der Waals surface area contributed by atoms with Gasteiger partial charge in [0.25, 0.3) is 5.56 Å². The molecule has 2 aromatic heterocycles. The van der Waals surface area contributed by atoms with Gasteiger partial charge in [-0.2, -0.15) is 9.78 Å². The van der Waals surface area contributed by atoms with E-state index >= 15 is 0 Å². The summed E-state index contributed by atoms with van der Waals surface area (Å²) in [6.07, 6.45) is 1.64. The lowest BCUT2D eigenvalue weighted by atomic mass is 10.2. The predicted octanol–water partition coefficient (Wildman–Crippen LogP) is 0.683. The van der Waals surface area contributed by atoms with Gasteiger partial charge in [-0.25, -0.2) is 4.98 Å². The average Bonchev–Trinajstić information content (AvgIpc) is 2.87. The maximum absolute atomic E-state index is 12.2. The molecule has 0 radical (unpaired) electrons. The van der Waals surface area contributed by atoms with Crippen LogP contribution in [0, 0.1) is 11.3 Å². The van der Waals surface area contributed by atoms with Gasteiger partial charge in [0.1, 0.15) is 17.5 Å². The average molecular weight is 287 g/mol. The van der Waals surface area contributed by atoms with Crippen LogP contribution in [0.5, 0.6) is 0 Å². The van der Waals surface area contributed by atoms with Crippen molar-refractivity contribution in [2.24, 2.45) is 0 Å². The van der Waals surface area contributed by atoms with E-state index in [9.17, 15) is 10.1 Å². The summed E-state index contributed by atoms with van der Waals surface area (Å²) in [5.41, 5.74) is 1.38. The molecule has 1 N–H and O–H groups in total. The number of H-pyrrole nitrogens is 1. The highest BCUT2D eigenvalue weighted by Gasteiger charge is 2.21. The lowest BCUT2D eigenvalue weighted by Crippen LogP contribution is -2.37. The molecule has 0 saturated carbocycles. The van der Waals surface area contributed by atoms with Crippen LogP contribution in [-0.2, 0) is 11.2 Å². The van der Waals surface area contributed by atoms with Crippen LogP contribution in [0.1, 0.15) is 24.6 Å². The molecule has 2 aromatic rings. The van der Waals surface area contributed by atoms with E-state index < -0.39 is 0 Å². The predicted molar refractivity (Wildman–Crippen MR) is 77.6 cm³/mol. The number of ether oxygens (including phenoxy) is 1. The number of aromatic nitrogens is 3. The summed E-state index contributed by atoms with van der Waals surface area (Å²) in [5, 5.41) is 12.5. The molecule has 0 atom stereocenters. The van der Waals surface area contributed by atoms with E-state index in [1.165, 1.54) is 10.6 Å². The Hall–Kier alpha value is -2.33. The van der Waals surface area contributed by atoms with Crippen LogP contribution in [-0.4, -0.2) is 40.9 Å². The molecule has 1 aliphatic heterocycles. The van der Waals surface area contributed by atoms with Gasteiger partial charge in [-0.1, -0.05) is 13.3 Å². The van der Waals surface area contributed by atoms with Crippen molar-refractivity contribution >= 4 is 11.5 Å². The highest BCUT2D eigenvalue weighted by Crippen LogP contribution is 2.22. The third-order valence-electron chi connectivity index (χ3n) is 3.60. The van der Waals surface area contributed by atoms with Gasteiger partial charge >= 0.3 is 0 Å². The SMILES string of the molecule is CCCc1cc(=O)n2[nH]c(N3CCOCC3)c(C#N)c2n1. The lowest BCUT2D eigenvalue weighted by molar-refractivity contribution is 0.122. The van der Waals surface area contributed by atoms with Crippen molar-refractivity contribution in [3.63, 3.8) is 0 Å². The van der Waals surface area contributed by atoms with Crippen LogP contribution in [0.25, 0.3) is 5.65 Å². The van der Waals surface area contributed by atoms with Crippen LogP contribution in [0.2, 0.25) is 0 Å². The minimum Gasteiger partial charge on any atom is -0.378 e. The number of hydrogen-bond acceptors (Lipinski definition) is 5. The normalized spacial score (nSPS) is 15.3. The number of nitrogens with one attached hydrogen (secondary N) is 1. The molecule has 0 unspecified atom stereocenters.